The van der Waals surface area contributed by atoms with Crippen molar-refractivity contribution in [3.63, 3.8) is 0 Å². The number of rotatable bonds is 10. The van der Waals surface area contributed by atoms with Crippen LogP contribution in [0.5, 0.6) is 5.75 Å². The largest absolute Gasteiger partial charge is 0.487 e. The molecule has 1 N–H and O–H groups in total. The van der Waals surface area contributed by atoms with Gasteiger partial charge < -0.3 is 14.2 Å². The highest BCUT2D eigenvalue weighted by Crippen LogP contribution is 2.36. The molecule has 9 nitrogen and oxygen atoms in total. The van der Waals surface area contributed by atoms with Gasteiger partial charge in [-0.05, 0) is 22.8 Å². The minimum Gasteiger partial charge on any atom is -0.487 e. The molecule has 1 fully saturated rings. The molecule has 0 aromatic heterocycles. The lowest BCUT2D eigenvalue weighted by Crippen LogP contribution is -2.35. The molecule has 0 radical (unpaired) electrons. The first kappa shape index (κ1) is 25.6. The van der Waals surface area contributed by atoms with E-state index < -0.39 is 20.5 Å². The molecule has 1 aliphatic rings. The van der Waals surface area contributed by atoms with Gasteiger partial charge in [0.25, 0.3) is 5.69 Å². The van der Waals surface area contributed by atoms with E-state index in [-0.39, 0.29) is 29.5 Å². The summed E-state index contributed by atoms with van der Waals surface area (Å²) in [6, 6.07) is 20.5. The van der Waals surface area contributed by atoms with Crippen LogP contribution in [0.15, 0.2) is 72.8 Å². The zero-order chi connectivity index (χ0) is 25.6. The van der Waals surface area contributed by atoms with Gasteiger partial charge in [-0.1, -0.05) is 54.6 Å². The van der Waals surface area contributed by atoms with E-state index >= 15 is 0 Å². The van der Waals surface area contributed by atoms with Crippen LogP contribution < -0.4 is 9.46 Å². The quantitative estimate of drug-likeness (QED) is 0.307. The molecule has 36 heavy (non-hydrogen) atoms. The highest BCUT2D eigenvalue weighted by molar-refractivity contribution is 7.91. The van der Waals surface area contributed by atoms with E-state index in [1.54, 1.807) is 19.2 Å². The van der Waals surface area contributed by atoms with Crippen LogP contribution in [0.3, 0.4) is 0 Å². The van der Waals surface area contributed by atoms with Crippen LogP contribution in [-0.2, 0) is 37.5 Å². The number of nitrogens with one attached hydrogen (secondary N) is 1. The Balaban J connectivity index is 1.56. The van der Waals surface area contributed by atoms with Crippen LogP contribution in [0, 0.1) is 10.1 Å². The molecule has 0 amide bonds. The molecular weight excluding hydrogens is 484 g/mol. The highest BCUT2D eigenvalue weighted by atomic mass is 32.2. The lowest BCUT2D eigenvalue weighted by Gasteiger charge is -2.36. The average Bonchev–Trinajstić information content (AvgIpc) is 2.88. The van der Waals surface area contributed by atoms with Crippen molar-refractivity contribution >= 4 is 21.4 Å². The molecule has 0 bridgehead atoms. The van der Waals surface area contributed by atoms with Gasteiger partial charge in [-0.25, -0.2) is 8.42 Å². The van der Waals surface area contributed by atoms with Gasteiger partial charge in [-0.15, -0.1) is 0 Å². The van der Waals surface area contributed by atoms with Gasteiger partial charge >= 0.3 is 0 Å². The second-order valence-corrected chi connectivity index (χ2v) is 10.3. The topological polar surface area (TPSA) is 117 Å². The number of sulfonamides is 1. The van der Waals surface area contributed by atoms with Crippen LogP contribution in [-0.4, -0.2) is 33.7 Å². The summed E-state index contributed by atoms with van der Waals surface area (Å²) in [5.41, 5.74) is 1.58. The Morgan fingerprint density at radius 3 is 2.42 bits per heavy atom. The highest BCUT2D eigenvalue weighted by Gasteiger charge is 2.34. The number of hydrogen-bond acceptors (Lipinski definition) is 7. The van der Waals surface area contributed by atoms with Gasteiger partial charge in [0.2, 0.25) is 10.0 Å². The van der Waals surface area contributed by atoms with Gasteiger partial charge in [-0.3, -0.25) is 14.8 Å². The summed E-state index contributed by atoms with van der Waals surface area (Å²) in [7, 11) is -2.28. The molecule has 0 unspecified atom stereocenters. The van der Waals surface area contributed by atoms with Crippen molar-refractivity contribution in [2.24, 2.45) is 0 Å². The van der Waals surface area contributed by atoms with E-state index in [1.807, 2.05) is 42.5 Å². The number of methoxy groups -OCH3 is 1. The number of benzene rings is 3. The molecule has 190 valence electrons. The van der Waals surface area contributed by atoms with Crippen LogP contribution in [0.25, 0.3) is 0 Å². The number of ether oxygens (including phenoxy) is 3. The van der Waals surface area contributed by atoms with Crippen molar-refractivity contribution in [1.29, 1.82) is 0 Å². The summed E-state index contributed by atoms with van der Waals surface area (Å²) in [6.45, 7) is 1.31. The Bertz CT molecular complexity index is 1310. The summed E-state index contributed by atoms with van der Waals surface area (Å²) in [4.78, 5) is 10.7. The molecule has 0 aliphatic carbocycles. The Morgan fingerprint density at radius 1 is 1.00 bits per heavy atom. The van der Waals surface area contributed by atoms with Crippen molar-refractivity contribution in [3.8, 4) is 5.75 Å². The standard InChI is InChI=1S/C26H28N2O7S/c1-33-26(12-14-34-15-13-26)22-9-5-8-21(16-22)19-36(31,32)27-24-17-23(28(29)30)10-11-25(24)35-18-20-6-3-2-4-7-20/h2-11,16-17,27H,12-15,18-19H2,1H3. The van der Waals surface area contributed by atoms with Gasteiger partial charge in [0, 0.05) is 45.3 Å². The molecule has 1 aliphatic heterocycles. The van der Waals surface area contributed by atoms with E-state index in [0.717, 1.165) is 17.2 Å². The molecule has 4 rings (SSSR count). The maximum absolute atomic E-state index is 13.1. The second-order valence-electron chi connectivity index (χ2n) is 8.58. The molecular formula is C26H28N2O7S. The van der Waals surface area contributed by atoms with Gasteiger partial charge in [0.05, 0.1) is 22.0 Å². The van der Waals surface area contributed by atoms with E-state index in [0.29, 0.717) is 31.6 Å². The third kappa shape index (κ3) is 6.20. The average molecular weight is 513 g/mol. The number of nitrogens with zero attached hydrogens (tertiary/aromatic N) is 1. The number of anilines is 1. The monoisotopic (exact) mass is 512 g/mol. The van der Waals surface area contributed by atoms with Gasteiger partial charge in [0.1, 0.15) is 12.4 Å². The lowest BCUT2D eigenvalue weighted by atomic mass is 9.85. The van der Waals surface area contributed by atoms with Crippen molar-refractivity contribution in [3.05, 3.63) is 99.6 Å². The molecule has 1 heterocycles. The predicted octanol–water partition coefficient (Wildman–Crippen LogP) is 4.77. The minimum atomic E-state index is -3.93. The van der Waals surface area contributed by atoms with Crippen LogP contribution in [0.1, 0.15) is 29.5 Å². The fraction of sp³-hybridized carbons (Fsp3) is 0.308. The van der Waals surface area contributed by atoms with Gasteiger partial charge in [-0.2, -0.15) is 0 Å². The summed E-state index contributed by atoms with van der Waals surface area (Å²) in [5, 5.41) is 11.3. The zero-order valence-corrected chi connectivity index (χ0v) is 20.7. The van der Waals surface area contributed by atoms with Crippen molar-refractivity contribution in [2.45, 2.75) is 30.8 Å². The summed E-state index contributed by atoms with van der Waals surface area (Å²) >= 11 is 0. The molecule has 3 aromatic rings. The first-order valence-corrected chi connectivity index (χ1v) is 13.1. The van der Waals surface area contributed by atoms with Crippen molar-refractivity contribution < 1.29 is 27.6 Å². The Morgan fingerprint density at radius 2 is 1.72 bits per heavy atom. The first-order valence-electron chi connectivity index (χ1n) is 11.5. The lowest BCUT2D eigenvalue weighted by molar-refractivity contribution is -0.384. The molecule has 0 saturated carbocycles. The maximum Gasteiger partial charge on any atom is 0.271 e. The number of non-ortho nitro benzene ring substituents is 1. The van der Waals surface area contributed by atoms with Gasteiger partial charge in [0.15, 0.2) is 0 Å². The maximum atomic E-state index is 13.1. The van der Waals surface area contributed by atoms with E-state index in [4.69, 9.17) is 14.2 Å². The third-order valence-corrected chi connectivity index (χ3v) is 7.42. The zero-order valence-electron chi connectivity index (χ0n) is 19.9. The second kappa shape index (κ2) is 11.1. The Labute approximate surface area is 210 Å². The van der Waals surface area contributed by atoms with Crippen LogP contribution in [0.2, 0.25) is 0 Å². The normalized spacial score (nSPS) is 15.2. The number of nitro benzene ring substituents is 1. The van der Waals surface area contributed by atoms with Crippen molar-refractivity contribution in [2.75, 3.05) is 25.0 Å². The number of hydrogen-bond donors (Lipinski definition) is 1. The number of nitro groups is 1. The fourth-order valence-electron chi connectivity index (χ4n) is 4.25. The fourth-order valence-corrected chi connectivity index (χ4v) is 5.44. The van der Waals surface area contributed by atoms with E-state index in [9.17, 15) is 18.5 Å². The predicted molar refractivity (Wildman–Crippen MR) is 135 cm³/mol. The SMILES string of the molecule is COC1(c2cccc(CS(=O)(=O)Nc3cc([N+](=O)[O-])ccc3OCc3ccccc3)c2)CCOCC1. The first-order chi connectivity index (χ1) is 17.3. The summed E-state index contributed by atoms with van der Waals surface area (Å²) in [6.07, 6.45) is 1.35. The third-order valence-electron chi connectivity index (χ3n) is 6.18. The minimum absolute atomic E-state index is 0.00840. The van der Waals surface area contributed by atoms with E-state index in [2.05, 4.69) is 4.72 Å². The van der Waals surface area contributed by atoms with E-state index in [1.165, 1.54) is 12.1 Å². The molecule has 3 aromatic carbocycles. The van der Waals surface area contributed by atoms with Crippen molar-refractivity contribution in [1.82, 2.24) is 0 Å². The molecule has 1 saturated heterocycles. The summed E-state index contributed by atoms with van der Waals surface area (Å²) < 4.78 is 45.8. The molecule has 10 heteroatoms. The summed E-state index contributed by atoms with van der Waals surface area (Å²) in [5.74, 6) is -0.125. The van der Waals surface area contributed by atoms with Crippen LogP contribution >= 0.6 is 0 Å². The molecule has 0 spiro atoms. The molecule has 0 atom stereocenters. The smallest absolute Gasteiger partial charge is 0.271 e. The Kier molecular flexibility index (Phi) is 7.88. The van der Waals surface area contributed by atoms with Crippen LogP contribution in [0.4, 0.5) is 11.4 Å². The Hall–Kier alpha value is -3.47.